The number of amides is 1. The van der Waals surface area contributed by atoms with Gasteiger partial charge in [-0.25, -0.2) is 0 Å². The van der Waals surface area contributed by atoms with Crippen molar-refractivity contribution in [1.29, 1.82) is 0 Å². The molecule has 0 unspecified atom stereocenters. The Hall–Kier alpha value is -1.35. The van der Waals surface area contributed by atoms with Gasteiger partial charge in [0.25, 0.3) is 0 Å². The summed E-state index contributed by atoms with van der Waals surface area (Å²) in [5, 5.41) is 11.7. The first-order valence-electron chi connectivity index (χ1n) is 6.48. The van der Waals surface area contributed by atoms with Crippen molar-refractivity contribution in [2.24, 2.45) is 5.92 Å². The van der Waals surface area contributed by atoms with Crippen LogP contribution in [0.1, 0.15) is 44.7 Å². The summed E-state index contributed by atoms with van der Waals surface area (Å²) in [5.41, 5.74) is 2.25. The maximum atomic E-state index is 11.9. The molecule has 1 amide bonds. The van der Waals surface area contributed by atoms with Crippen LogP contribution in [0, 0.1) is 5.92 Å². The zero-order chi connectivity index (χ0) is 13.7. The zero-order valence-corrected chi connectivity index (χ0v) is 11.6. The summed E-state index contributed by atoms with van der Waals surface area (Å²) in [7, 11) is 0. The predicted molar refractivity (Wildman–Crippen MR) is 73.2 cm³/mol. The third-order valence-corrected chi connectivity index (χ3v) is 2.89. The Bertz CT molecular complexity index is 399. The van der Waals surface area contributed by atoms with E-state index in [1.54, 1.807) is 6.92 Å². The molecule has 1 aromatic rings. The van der Waals surface area contributed by atoms with E-state index >= 15 is 0 Å². The van der Waals surface area contributed by atoms with Crippen LogP contribution in [0.25, 0.3) is 0 Å². The molecule has 1 aromatic carbocycles. The second-order valence-electron chi connectivity index (χ2n) is 5.20. The van der Waals surface area contributed by atoms with E-state index in [9.17, 15) is 9.90 Å². The van der Waals surface area contributed by atoms with E-state index in [4.69, 9.17) is 0 Å². The van der Waals surface area contributed by atoms with Crippen molar-refractivity contribution in [3.8, 4) is 0 Å². The van der Waals surface area contributed by atoms with Crippen LogP contribution in [0.4, 0.5) is 0 Å². The van der Waals surface area contributed by atoms with Gasteiger partial charge in [-0.3, -0.25) is 4.79 Å². The molecular weight excluding hydrogens is 226 g/mol. The summed E-state index contributed by atoms with van der Waals surface area (Å²) in [5.74, 6) is 0.175. The number of carbonyl (C=O) groups is 1. The lowest BCUT2D eigenvalue weighted by Crippen LogP contribution is -2.35. The SMILES string of the molecule is CC(C)Cc1ccccc1[C@@H](C)C(=O)N[C@@H](C)O. The summed E-state index contributed by atoms with van der Waals surface area (Å²) in [6.07, 6.45) is 0.153. The molecule has 2 N–H and O–H groups in total. The van der Waals surface area contributed by atoms with E-state index in [0.717, 1.165) is 12.0 Å². The number of nitrogens with one attached hydrogen (secondary N) is 1. The monoisotopic (exact) mass is 249 g/mol. The topological polar surface area (TPSA) is 49.3 Å². The molecule has 2 atom stereocenters. The molecule has 100 valence electrons. The van der Waals surface area contributed by atoms with Crippen molar-refractivity contribution in [3.63, 3.8) is 0 Å². The largest absolute Gasteiger partial charge is 0.374 e. The van der Waals surface area contributed by atoms with Crippen LogP contribution in [-0.4, -0.2) is 17.2 Å². The average Bonchev–Trinajstić information content (AvgIpc) is 2.27. The summed E-state index contributed by atoms with van der Waals surface area (Å²) < 4.78 is 0. The van der Waals surface area contributed by atoms with Gasteiger partial charge in [0.1, 0.15) is 6.23 Å². The number of carbonyl (C=O) groups excluding carboxylic acids is 1. The number of aliphatic hydroxyl groups excluding tert-OH is 1. The number of benzene rings is 1. The highest BCUT2D eigenvalue weighted by molar-refractivity contribution is 5.83. The maximum Gasteiger partial charge on any atom is 0.229 e. The van der Waals surface area contributed by atoms with Crippen LogP contribution in [0.2, 0.25) is 0 Å². The van der Waals surface area contributed by atoms with Crippen LogP contribution in [0.3, 0.4) is 0 Å². The summed E-state index contributed by atoms with van der Waals surface area (Å²) >= 11 is 0. The second kappa shape index (κ2) is 6.55. The van der Waals surface area contributed by atoms with Gasteiger partial charge < -0.3 is 10.4 Å². The van der Waals surface area contributed by atoms with Crippen molar-refractivity contribution in [1.82, 2.24) is 5.32 Å². The number of aliphatic hydroxyl groups is 1. The standard InChI is InChI=1S/C15H23NO2/c1-10(2)9-13-7-5-6-8-14(13)11(3)15(18)16-12(4)17/h5-8,10-12,17H,9H2,1-4H3,(H,16,18)/t11-,12-/m1/s1. The van der Waals surface area contributed by atoms with E-state index in [1.807, 2.05) is 25.1 Å². The molecule has 3 nitrogen and oxygen atoms in total. The van der Waals surface area contributed by atoms with Gasteiger partial charge in [0.2, 0.25) is 5.91 Å². The van der Waals surface area contributed by atoms with Gasteiger partial charge in [-0.1, -0.05) is 38.1 Å². The molecule has 0 heterocycles. The number of hydrogen-bond acceptors (Lipinski definition) is 2. The van der Waals surface area contributed by atoms with Gasteiger partial charge in [0, 0.05) is 0 Å². The first-order chi connectivity index (χ1) is 8.41. The van der Waals surface area contributed by atoms with Gasteiger partial charge in [0.05, 0.1) is 5.92 Å². The van der Waals surface area contributed by atoms with E-state index < -0.39 is 6.23 Å². The van der Waals surface area contributed by atoms with Crippen molar-refractivity contribution in [2.75, 3.05) is 0 Å². The summed E-state index contributed by atoms with van der Waals surface area (Å²) in [6, 6.07) is 8.01. The fourth-order valence-corrected chi connectivity index (χ4v) is 2.05. The van der Waals surface area contributed by atoms with E-state index in [2.05, 4.69) is 25.2 Å². The van der Waals surface area contributed by atoms with Crippen LogP contribution in [-0.2, 0) is 11.2 Å². The molecule has 0 saturated heterocycles. The summed E-state index contributed by atoms with van der Waals surface area (Å²) in [4.78, 5) is 11.9. The molecular formula is C15H23NO2. The molecule has 3 heteroatoms. The fraction of sp³-hybridized carbons (Fsp3) is 0.533. The molecule has 18 heavy (non-hydrogen) atoms. The van der Waals surface area contributed by atoms with Gasteiger partial charge in [0.15, 0.2) is 0 Å². The van der Waals surface area contributed by atoms with Crippen LogP contribution in [0.5, 0.6) is 0 Å². The lowest BCUT2D eigenvalue weighted by Gasteiger charge is -2.18. The zero-order valence-electron chi connectivity index (χ0n) is 11.6. The lowest BCUT2D eigenvalue weighted by molar-refractivity contribution is -0.124. The molecule has 0 aliphatic rings. The van der Waals surface area contributed by atoms with Crippen molar-refractivity contribution >= 4 is 5.91 Å². The minimum atomic E-state index is -0.808. The van der Waals surface area contributed by atoms with Gasteiger partial charge in [-0.2, -0.15) is 0 Å². The summed E-state index contributed by atoms with van der Waals surface area (Å²) in [6.45, 7) is 7.75. The van der Waals surface area contributed by atoms with Crippen LogP contribution >= 0.6 is 0 Å². The Balaban J connectivity index is 2.90. The molecule has 0 bridgehead atoms. The average molecular weight is 249 g/mol. The second-order valence-corrected chi connectivity index (χ2v) is 5.20. The quantitative estimate of drug-likeness (QED) is 0.787. The number of rotatable bonds is 5. The van der Waals surface area contributed by atoms with Crippen LogP contribution < -0.4 is 5.32 Å². The Morgan fingerprint density at radius 2 is 1.83 bits per heavy atom. The van der Waals surface area contributed by atoms with Crippen LogP contribution in [0.15, 0.2) is 24.3 Å². The van der Waals surface area contributed by atoms with Crippen molar-refractivity contribution < 1.29 is 9.90 Å². The fourth-order valence-electron chi connectivity index (χ4n) is 2.05. The van der Waals surface area contributed by atoms with Gasteiger partial charge >= 0.3 is 0 Å². The van der Waals surface area contributed by atoms with Crippen molar-refractivity contribution in [2.45, 2.75) is 46.3 Å². The molecule has 0 saturated carbocycles. The normalized spacial score (nSPS) is 14.3. The Labute approximate surface area is 109 Å². The maximum absolute atomic E-state index is 11.9. The molecule has 0 radical (unpaired) electrons. The first-order valence-corrected chi connectivity index (χ1v) is 6.48. The van der Waals surface area contributed by atoms with E-state index in [-0.39, 0.29) is 11.8 Å². The molecule has 0 aliphatic carbocycles. The highest BCUT2D eigenvalue weighted by Gasteiger charge is 2.19. The minimum Gasteiger partial charge on any atom is -0.374 e. The molecule has 0 spiro atoms. The minimum absolute atomic E-state index is 0.138. The molecule has 0 aromatic heterocycles. The highest BCUT2D eigenvalue weighted by atomic mass is 16.3. The smallest absolute Gasteiger partial charge is 0.229 e. The van der Waals surface area contributed by atoms with E-state index in [0.29, 0.717) is 5.92 Å². The Kier molecular flexibility index (Phi) is 5.35. The lowest BCUT2D eigenvalue weighted by atomic mass is 9.90. The molecule has 1 rings (SSSR count). The molecule has 0 aliphatic heterocycles. The first kappa shape index (κ1) is 14.7. The molecule has 0 fully saturated rings. The van der Waals surface area contributed by atoms with E-state index in [1.165, 1.54) is 5.56 Å². The third kappa shape index (κ3) is 4.15. The van der Waals surface area contributed by atoms with Gasteiger partial charge in [-0.05, 0) is 37.3 Å². The van der Waals surface area contributed by atoms with Gasteiger partial charge in [-0.15, -0.1) is 0 Å². The third-order valence-electron chi connectivity index (χ3n) is 2.89. The number of hydrogen-bond donors (Lipinski definition) is 2. The van der Waals surface area contributed by atoms with Crippen molar-refractivity contribution in [3.05, 3.63) is 35.4 Å². The highest BCUT2D eigenvalue weighted by Crippen LogP contribution is 2.22. The Morgan fingerprint density at radius 3 is 2.39 bits per heavy atom. The predicted octanol–water partition coefficient (Wildman–Crippen LogP) is 2.44. The Morgan fingerprint density at radius 1 is 1.22 bits per heavy atom.